The second kappa shape index (κ2) is 10.6. The largest absolute Gasteiger partial charge is 0.469 e. The molecule has 37 heavy (non-hydrogen) atoms. The lowest BCUT2D eigenvalue weighted by Gasteiger charge is -2.40. The van der Waals surface area contributed by atoms with Gasteiger partial charge in [-0.1, -0.05) is 60.7 Å². The van der Waals surface area contributed by atoms with Gasteiger partial charge in [-0.25, -0.2) is 4.98 Å². The number of carbonyl (C=O) groups excluding carboxylic acids is 2. The zero-order chi connectivity index (χ0) is 25.8. The highest BCUT2D eigenvalue weighted by Crippen LogP contribution is 2.37. The Balaban J connectivity index is 1.25. The quantitative estimate of drug-likeness (QED) is 0.340. The summed E-state index contributed by atoms with van der Waals surface area (Å²) in [6.45, 7) is 3.81. The van der Waals surface area contributed by atoms with Crippen LogP contribution in [0.2, 0.25) is 0 Å². The van der Waals surface area contributed by atoms with Gasteiger partial charge >= 0.3 is 5.97 Å². The molecule has 6 nitrogen and oxygen atoms in total. The van der Waals surface area contributed by atoms with Gasteiger partial charge in [-0.3, -0.25) is 9.59 Å². The first-order valence-corrected chi connectivity index (χ1v) is 12.8. The fraction of sp³-hybridized carbons (Fsp3) is 0.323. The van der Waals surface area contributed by atoms with Gasteiger partial charge in [-0.05, 0) is 59.7 Å². The van der Waals surface area contributed by atoms with E-state index in [0.717, 1.165) is 11.3 Å². The van der Waals surface area contributed by atoms with E-state index >= 15 is 0 Å². The van der Waals surface area contributed by atoms with Crippen molar-refractivity contribution in [2.45, 2.75) is 39.2 Å². The van der Waals surface area contributed by atoms with Crippen molar-refractivity contribution in [1.29, 1.82) is 0 Å². The van der Waals surface area contributed by atoms with E-state index in [1.165, 1.54) is 29.0 Å². The maximum atomic E-state index is 13.3. The van der Waals surface area contributed by atoms with E-state index in [2.05, 4.69) is 54.4 Å². The van der Waals surface area contributed by atoms with Crippen LogP contribution in [-0.4, -0.2) is 46.5 Å². The third-order valence-corrected chi connectivity index (χ3v) is 7.78. The molecule has 1 amide bonds. The Labute approximate surface area is 217 Å². The summed E-state index contributed by atoms with van der Waals surface area (Å²) in [4.78, 5) is 32.4. The smallest absolute Gasteiger partial charge is 0.312 e. The lowest BCUT2D eigenvalue weighted by molar-refractivity contribution is -0.157. The van der Waals surface area contributed by atoms with Crippen molar-refractivity contribution in [2.24, 2.45) is 5.41 Å². The number of nitrogens with zero attached hydrogens (tertiary/aromatic N) is 3. The Morgan fingerprint density at radius 3 is 2.46 bits per heavy atom. The van der Waals surface area contributed by atoms with Gasteiger partial charge in [-0.2, -0.15) is 0 Å². The number of hydrogen-bond acceptors (Lipinski definition) is 4. The van der Waals surface area contributed by atoms with Crippen LogP contribution in [0.4, 0.5) is 0 Å². The fourth-order valence-corrected chi connectivity index (χ4v) is 5.47. The van der Waals surface area contributed by atoms with Crippen molar-refractivity contribution >= 4 is 22.6 Å². The van der Waals surface area contributed by atoms with Crippen molar-refractivity contribution in [3.05, 3.63) is 102 Å². The highest BCUT2D eigenvalue weighted by Gasteiger charge is 2.43. The zero-order valence-corrected chi connectivity index (χ0v) is 21.5. The number of amides is 1. The molecule has 0 saturated carbocycles. The second-order valence-corrected chi connectivity index (χ2v) is 10.1. The van der Waals surface area contributed by atoms with Crippen molar-refractivity contribution < 1.29 is 14.3 Å². The minimum Gasteiger partial charge on any atom is -0.469 e. The van der Waals surface area contributed by atoms with E-state index in [0.29, 0.717) is 38.9 Å². The summed E-state index contributed by atoms with van der Waals surface area (Å²) >= 11 is 0. The highest BCUT2D eigenvalue weighted by atomic mass is 16.5. The average Bonchev–Trinajstić information content (AvgIpc) is 3.35. The third kappa shape index (κ3) is 5.29. The molecular weight excluding hydrogens is 462 g/mol. The van der Waals surface area contributed by atoms with E-state index in [1.807, 2.05) is 33.7 Å². The van der Waals surface area contributed by atoms with E-state index in [1.54, 1.807) is 12.5 Å². The fourth-order valence-electron chi connectivity index (χ4n) is 5.47. The number of benzene rings is 3. The van der Waals surface area contributed by atoms with Crippen LogP contribution in [0.1, 0.15) is 35.2 Å². The normalized spacial score (nSPS) is 15.0. The predicted molar refractivity (Wildman–Crippen MR) is 144 cm³/mol. The maximum Gasteiger partial charge on any atom is 0.312 e. The number of aryl methyl sites for hydroxylation is 1. The van der Waals surface area contributed by atoms with Crippen molar-refractivity contribution in [2.75, 3.05) is 20.2 Å². The summed E-state index contributed by atoms with van der Waals surface area (Å²) in [7, 11) is 1.45. The van der Waals surface area contributed by atoms with Crippen LogP contribution >= 0.6 is 0 Å². The molecule has 5 rings (SSSR count). The molecule has 4 aromatic rings. The van der Waals surface area contributed by atoms with Crippen molar-refractivity contribution in [3.8, 4) is 0 Å². The van der Waals surface area contributed by atoms with Gasteiger partial charge < -0.3 is 14.2 Å². The molecule has 0 atom stereocenters. The number of imidazole rings is 1. The van der Waals surface area contributed by atoms with Gasteiger partial charge in [0.15, 0.2) is 0 Å². The Morgan fingerprint density at radius 1 is 0.973 bits per heavy atom. The molecule has 0 N–H and O–H groups in total. The van der Waals surface area contributed by atoms with Gasteiger partial charge in [0, 0.05) is 31.5 Å². The molecule has 0 bridgehead atoms. The van der Waals surface area contributed by atoms with E-state index in [9.17, 15) is 9.59 Å². The molecule has 0 spiro atoms. The molecule has 3 aromatic carbocycles. The molecule has 190 valence electrons. The topological polar surface area (TPSA) is 64.4 Å². The van der Waals surface area contributed by atoms with Crippen LogP contribution in [0.15, 0.2) is 79.3 Å². The number of piperidine rings is 1. The predicted octanol–water partition coefficient (Wildman–Crippen LogP) is 4.96. The molecular formula is C31H33N3O3. The minimum absolute atomic E-state index is 0.0645. The first-order chi connectivity index (χ1) is 18.0. The minimum atomic E-state index is -0.602. The number of carbonyl (C=O) groups is 2. The summed E-state index contributed by atoms with van der Waals surface area (Å²) in [5, 5.41) is 2.41. The first-order valence-electron chi connectivity index (χ1n) is 12.8. The lowest BCUT2D eigenvalue weighted by atomic mass is 9.73. The number of aromatic nitrogens is 2. The monoisotopic (exact) mass is 495 g/mol. The van der Waals surface area contributed by atoms with Gasteiger partial charge in [-0.15, -0.1) is 0 Å². The molecule has 1 aliphatic heterocycles. The SMILES string of the molecule is COC(=O)C1(Cc2ccccc2C)CCN(C(=O)Cc2cncn2Cc2ccc3ccccc3c2)CC1. The molecule has 2 heterocycles. The second-order valence-electron chi connectivity index (χ2n) is 10.1. The Hall–Kier alpha value is -3.93. The number of rotatable bonds is 7. The van der Waals surface area contributed by atoms with Gasteiger partial charge in [0.1, 0.15) is 0 Å². The lowest BCUT2D eigenvalue weighted by Crippen LogP contribution is -2.48. The molecule has 1 aliphatic rings. The number of esters is 1. The molecule has 0 unspecified atom stereocenters. The average molecular weight is 496 g/mol. The van der Waals surface area contributed by atoms with Crippen LogP contribution < -0.4 is 0 Å². The molecule has 6 heteroatoms. The maximum absolute atomic E-state index is 13.3. The summed E-state index contributed by atoms with van der Waals surface area (Å²) in [5.41, 5.74) is 3.79. The van der Waals surface area contributed by atoms with Crippen LogP contribution in [-0.2, 0) is 33.7 Å². The van der Waals surface area contributed by atoms with Crippen LogP contribution in [0.5, 0.6) is 0 Å². The molecule has 0 aliphatic carbocycles. The highest BCUT2D eigenvalue weighted by molar-refractivity contribution is 5.83. The molecule has 1 fully saturated rings. The summed E-state index contributed by atoms with van der Waals surface area (Å²) in [6, 6.07) is 22.9. The number of hydrogen-bond donors (Lipinski definition) is 0. The van der Waals surface area contributed by atoms with E-state index in [-0.39, 0.29) is 18.3 Å². The zero-order valence-electron chi connectivity index (χ0n) is 21.5. The van der Waals surface area contributed by atoms with Crippen LogP contribution in [0.3, 0.4) is 0 Å². The van der Waals surface area contributed by atoms with Gasteiger partial charge in [0.05, 0.1) is 25.3 Å². The van der Waals surface area contributed by atoms with Gasteiger partial charge in [0.2, 0.25) is 5.91 Å². The van der Waals surface area contributed by atoms with Gasteiger partial charge in [0.25, 0.3) is 0 Å². The standard InChI is InChI=1S/C31H33N3O3/c1-23-7-3-4-10-27(23)19-31(30(36)37-2)13-15-33(16-14-31)29(35)18-28-20-32-22-34(28)21-24-11-12-25-8-5-6-9-26(25)17-24/h3-12,17,20,22H,13-16,18-19,21H2,1-2H3. The number of likely N-dealkylation sites (tertiary alicyclic amines) is 1. The third-order valence-electron chi connectivity index (χ3n) is 7.78. The summed E-state index contributed by atoms with van der Waals surface area (Å²) in [6.07, 6.45) is 5.67. The van der Waals surface area contributed by atoms with Crippen LogP contribution in [0, 0.1) is 12.3 Å². The first kappa shape index (κ1) is 24.8. The number of fused-ring (bicyclic) bond motifs is 1. The Morgan fingerprint density at radius 2 is 1.70 bits per heavy atom. The number of ether oxygens (including phenoxy) is 1. The molecule has 0 radical (unpaired) electrons. The summed E-state index contributed by atoms with van der Waals surface area (Å²) in [5.74, 6) is -0.120. The van der Waals surface area contributed by atoms with E-state index in [4.69, 9.17) is 4.74 Å². The van der Waals surface area contributed by atoms with E-state index < -0.39 is 5.41 Å². The number of methoxy groups -OCH3 is 1. The van der Waals surface area contributed by atoms with Crippen molar-refractivity contribution in [1.82, 2.24) is 14.5 Å². The Kier molecular flexibility index (Phi) is 7.08. The Bertz CT molecular complexity index is 1420. The molecule has 1 aromatic heterocycles. The van der Waals surface area contributed by atoms with Crippen molar-refractivity contribution in [3.63, 3.8) is 0 Å². The molecule has 1 saturated heterocycles. The van der Waals surface area contributed by atoms with Crippen LogP contribution in [0.25, 0.3) is 10.8 Å². The summed E-state index contributed by atoms with van der Waals surface area (Å²) < 4.78 is 7.28.